The van der Waals surface area contributed by atoms with E-state index in [0.29, 0.717) is 12.2 Å². The number of carbonyl (C=O) groups is 2. The average Bonchev–Trinajstić information content (AvgIpc) is 3.09. The highest BCUT2D eigenvalue weighted by Gasteiger charge is 2.28. The maximum Gasteiger partial charge on any atom is 0.252 e. The van der Waals surface area contributed by atoms with Crippen molar-refractivity contribution in [3.05, 3.63) is 46.8 Å². The molecule has 1 aromatic carbocycles. The van der Waals surface area contributed by atoms with Crippen LogP contribution in [0.1, 0.15) is 38.3 Å². The molecule has 7 heteroatoms. The van der Waals surface area contributed by atoms with Crippen LogP contribution in [-0.4, -0.2) is 27.7 Å². The van der Waals surface area contributed by atoms with Crippen molar-refractivity contribution in [3.63, 3.8) is 0 Å². The van der Waals surface area contributed by atoms with Gasteiger partial charge in [-0.25, -0.2) is 0 Å². The molecule has 2 aromatic rings. The van der Waals surface area contributed by atoms with Gasteiger partial charge in [0, 0.05) is 25.2 Å². The van der Waals surface area contributed by atoms with Gasteiger partial charge in [-0.15, -0.1) is 0 Å². The topological polar surface area (TPSA) is 113 Å². The first-order valence-electron chi connectivity index (χ1n) is 7.34. The van der Waals surface area contributed by atoms with Crippen LogP contribution in [-0.2, 0) is 19.9 Å². The van der Waals surface area contributed by atoms with Crippen molar-refractivity contribution in [1.29, 1.82) is 0 Å². The van der Waals surface area contributed by atoms with Gasteiger partial charge in [-0.1, -0.05) is 0 Å². The zero-order valence-corrected chi connectivity index (χ0v) is 12.8. The average molecular weight is 314 g/mol. The molecule has 1 atom stereocenters. The molecule has 7 nitrogen and oxygen atoms in total. The maximum absolute atomic E-state index is 11.6. The van der Waals surface area contributed by atoms with Gasteiger partial charge in [0.15, 0.2) is 0 Å². The molecule has 23 heavy (non-hydrogen) atoms. The molecule has 0 radical (unpaired) electrons. The second kappa shape index (κ2) is 5.75. The lowest BCUT2D eigenvalue weighted by Gasteiger charge is -2.11. The third-order valence-electron chi connectivity index (χ3n) is 3.96. The summed E-state index contributed by atoms with van der Waals surface area (Å²) in [6, 6.07) is 3.07. The Bertz CT molecular complexity index is 782. The minimum absolute atomic E-state index is 0.0635. The van der Waals surface area contributed by atoms with Crippen LogP contribution in [0.3, 0.4) is 0 Å². The molecule has 3 rings (SSSR count). The molecule has 1 aliphatic rings. The number of rotatable bonds is 5. The van der Waals surface area contributed by atoms with Gasteiger partial charge >= 0.3 is 0 Å². The van der Waals surface area contributed by atoms with Gasteiger partial charge in [-0.3, -0.25) is 14.3 Å². The van der Waals surface area contributed by atoms with Crippen molar-refractivity contribution in [2.24, 2.45) is 18.5 Å². The van der Waals surface area contributed by atoms with Crippen LogP contribution >= 0.6 is 0 Å². The molecule has 120 valence electrons. The third-order valence-corrected chi connectivity index (χ3v) is 3.96. The first-order valence-corrected chi connectivity index (χ1v) is 7.34. The number of aromatic nitrogens is 2. The Morgan fingerprint density at radius 3 is 2.74 bits per heavy atom. The SMILES string of the molecule is Cn1cc(CCC2Cc3cc(C(N)=O)cc(C(N)=O)c3O2)cn1. The molecular formula is C16H18N4O3. The van der Waals surface area contributed by atoms with E-state index in [9.17, 15) is 9.59 Å². The predicted octanol–water partition coefficient (Wildman–Crippen LogP) is 0.554. The van der Waals surface area contributed by atoms with E-state index < -0.39 is 11.8 Å². The molecule has 0 saturated heterocycles. The Morgan fingerprint density at radius 1 is 1.35 bits per heavy atom. The van der Waals surface area contributed by atoms with E-state index in [1.807, 2.05) is 19.4 Å². The first-order chi connectivity index (χ1) is 10.9. The minimum atomic E-state index is -0.628. The number of nitrogens with two attached hydrogens (primary N) is 2. The second-order valence-electron chi connectivity index (χ2n) is 5.75. The van der Waals surface area contributed by atoms with E-state index in [4.69, 9.17) is 16.2 Å². The van der Waals surface area contributed by atoms with E-state index in [0.717, 1.165) is 24.0 Å². The molecule has 0 bridgehead atoms. The monoisotopic (exact) mass is 314 g/mol. The minimum Gasteiger partial charge on any atom is -0.489 e. The summed E-state index contributed by atoms with van der Waals surface area (Å²) >= 11 is 0. The van der Waals surface area contributed by atoms with Gasteiger partial charge in [0.2, 0.25) is 5.91 Å². The highest BCUT2D eigenvalue weighted by molar-refractivity contribution is 6.01. The van der Waals surface area contributed by atoms with E-state index in [-0.39, 0.29) is 17.2 Å². The van der Waals surface area contributed by atoms with Crippen LogP contribution < -0.4 is 16.2 Å². The van der Waals surface area contributed by atoms with Crippen LogP contribution in [0.2, 0.25) is 0 Å². The summed E-state index contributed by atoms with van der Waals surface area (Å²) in [5.74, 6) is -0.745. The van der Waals surface area contributed by atoms with Crippen molar-refractivity contribution < 1.29 is 14.3 Å². The van der Waals surface area contributed by atoms with Gasteiger partial charge in [0.25, 0.3) is 5.91 Å². The Hall–Kier alpha value is -2.83. The molecule has 1 aromatic heterocycles. The summed E-state index contributed by atoms with van der Waals surface area (Å²) < 4.78 is 7.64. The second-order valence-corrected chi connectivity index (χ2v) is 5.75. The summed E-state index contributed by atoms with van der Waals surface area (Å²) in [6.07, 6.45) is 5.94. The molecule has 1 unspecified atom stereocenters. The molecule has 2 amide bonds. The quantitative estimate of drug-likeness (QED) is 0.839. The lowest BCUT2D eigenvalue weighted by molar-refractivity contribution is 0.0994. The molecule has 1 aliphatic heterocycles. The molecule has 0 aliphatic carbocycles. The van der Waals surface area contributed by atoms with Gasteiger partial charge in [-0.2, -0.15) is 5.10 Å². The van der Waals surface area contributed by atoms with E-state index >= 15 is 0 Å². The number of ether oxygens (including phenoxy) is 1. The van der Waals surface area contributed by atoms with Gasteiger partial charge < -0.3 is 16.2 Å². The van der Waals surface area contributed by atoms with Crippen LogP contribution in [0, 0.1) is 0 Å². The van der Waals surface area contributed by atoms with E-state index in [1.165, 1.54) is 6.07 Å². The number of benzene rings is 1. The molecule has 0 spiro atoms. The third kappa shape index (κ3) is 3.03. The van der Waals surface area contributed by atoms with Crippen molar-refractivity contribution in [2.75, 3.05) is 0 Å². The van der Waals surface area contributed by atoms with E-state index in [2.05, 4.69) is 5.10 Å². The summed E-state index contributed by atoms with van der Waals surface area (Å²) in [6.45, 7) is 0. The van der Waals surface area contributed by atoms with Crippen molar-refractivity contribution in [1.82, 2.24) is 9.78 Å². The van der Waals surface area contributed by atoms with Crippen molar-refractivity contribution in [3.8, 4) is 5.75 Å². The fourth-order valence-electron chi connectivity index (χ4n) is 2.85. The number of aryl methyl sites for hydroxylation is 2. The predicted molar refractivity (Wildman–Crippen MR) is 83.1 cm³/mol. The zero-order chi connectivity index (χ0) is 16.6. The number of amides is 2. The van der Waals surface area contributed by atoms with Crippen LogP contribution in [0.25, 0.3) is 0 Å². The maximum atomic E-state index is 11.6. The normalized spacial score (nSPS) is 16.0. The number of hydrogen-bond acceptors (Lipinski definition) is 4. The number of nitrogens with zero attached hydrogens (tertiary/aromatic N) is 2. The smallest absolute Gasteiger partial charge is 0.252 e. The number of primary amides is 2. The largest absolute Gasteiger partial charge is 0.489 e. The number of hydrogen-bond donors (Lipinski definition) is 2. The highest BCUT2D eigenvalue weighted by Crippen LogP contribution is 2.35. The fourth-order valence-corrected chi connectivity index (χ4v) is 2.85. The van der Waals surface area contributed by atoms with Crippen LogP contribution in [0.5, 0.6) is 5.75 Å². The summed E-state index contributed by atoms with van der Waals surface area (Å²) in [5.41, 5.74) is 13.1. The van der Waals surface area contributed by atoms with Crippen LogP contribution in [0.4, 0.5) is 0 Å². The van der Waals surface area contributed by atoms with Gasteiger partial charge in [-0.05, 0) is 36.1 Å². The molecule has 0 fully saturated rings. The standard InChI is InChI=1S/C16H18N4O3/c1-20-8-9(7-19-20)2-3-12-5-10-4-11(15(17)21)6-13(16(18)22)14(10)23-12/h4,6-8,12H,2-3,5H2,1H3,(H2,17,21)(H2,18,22). The first kappa shape index (κ1) is 15.1. The Labute approximate surface area is 133 Å². The number of fused-ring (bicyclic) bond motifs is 1. The molecular weight excluding hydrogens is 296 g/mol. The lowest BCUT2D eigenvalue weighted by atomic mass is 10.00. The Balaban J connectivity index is 1.78. The van der Waals surface area contributed by atoms with Crippen molar-refractivity contribution >= 4 is 11.8 Å². The summed E-state index contributed by atoms with van der Waals surface area (Å²) in [5, 5.41) is 4.13. The Kier molecular flexibility index (Phi) is 3.77. The highest BCUT2D eigenvalue weighted by atomic mass is 16.5. The molecule has 4 N–H and O–H groups in total. The summed E-state index contributed by atoms with van der Waals surface area (Å²) in [7, 11) is 1.87. The van der Waals surface area contributed by atoms with Crippen molar-refractivity contribution in [2.45, 2.75) is 25.4 Å². The summed E-state index contributed by atoms with van der Waals surface area (Å²) in [4.78, 5) is 23.0. The van der Waals surface area contributed by atoms with Gasteiger partial charge in [0.1, 0.15) is 11.9 Å². The van der Waals surface area contributed by atoms with Gasteiger partial charge in [0.05, 0.1) is 11.8 Å². The van der Waals surface area contributed by atoms with Crippen LogP contribution in [0.15, 0.2) is 24.5 Å². The molecule has 0 saturated carbocycles. The fraction of sp³-hybridized carbons (Fsp3) is 0.312. The Morgan fingerprint density at radius 2 is 2.13 bits per heavy atom. The number of carbonyl (C=O) groups excluding carboxylic acids is 2. The molecule has 2 heterocycles. The lowest BCUT2D eigenvalue weighted by Crippen LogP contribution is -2.17. The zero-order valence-electron chi connectivity index (χ0n) is 12.8. The van der Waals surface area contributed by atoms with E-state index in [1.54, 1.807) is 10.7 Å².